The zero-order chi connectivity index (χ0) is 18.5. The molecule has 0 radical (unpaired) electrons. The molecule has 0 fully saturated rings. The first kappa shape index (κ1) is 18.0. The fourth-order valence-corrected chi connectivity index (χ4v) is 3.07. The number of para-hydroxylation sites is 1. The van der Waals surface area contributed by atoms with E-state index < -0.39 is 0 Å². The van der Waals surface area contributed by atoms with Gasteiger partial charge in [0.2, 0.25) is 0 Å². The van der Waals surface area contributed by atoms with E-state index in [0.29, 0.717) is 5.56 Å². The maximum atomic E-state index is 9.07. The van der Waals surface area contributed by atoms with Crippen molar-refractivity contribution in [2.24, 2.45) is 0 Å². The maximum absolute atomic E-state index is 9.07. The Bertz CT molecular complexity index is 912. The van der Waals surface area contributed by atoms with E-state index in [4.69, 9.17) is 10.00 Å². The van der Waals surface area contributed by atoms with Gasteiger partial charge in [-0.2, -0.15) is 5.26 Å². The molecule has 0 aliphatic rings. The standard InChI is InChI=1S/C22H19BrN2O/c1-25(2)21-6-4-3-5-20(21)22(17-9-7-16(15-24)8-10-17)26-19-13-11-18(23)12-14-19/h3-14,22H,1-2H3. The van der Waals surface area contributed by atoms with E-state index in [9.17, 15) is 0 Å². The molecule has 0 saturated carbocycles. The van der Waals surface area contributed by atoms with Crippen LogP contribution >= 0.6 is 15.9 Å². The Balaban J connectivity index is 2.06. The highest BCUT2D eigenvalue weighted by Crippen LogP contribution is 2.34. The number of hydrogen-bond acceptors (Lipinski definition) is 3. The van der Waals surface area contributed by atoms with E-state index in [2.05, 4.69) is 39.0 Å². The van der Waals surface area contributed by atoms with Gasteiger partial charge in [0.05, 0.1) is 11.6 Å². The minimum atomic E-state index is -0.275. The normalized spacial score (nSPS) is 11.5. The van der Waals surface area contributed by atoms with Crippen molar-refractivity contribution in [3.63, 3.8) is 0 Å². The lowest BCUT2D eigenvalue weighted by Crippen LogP contribution is -2.16. The van der Waals surface area contributed by atoms with Crippen LogP contribution in [0.15, 0.2) is 77.3 Å². The minimum Gasteiger partial charge on any atom is -0.481 e. The highest BCUT2D eigenvalue weighted by molar-refractivity contribution is 9.10. The number of rotatable bonds is 5. The number of anilines is 1. The van der Waals surface area contributed by atoms with E-state index in [1.54, 1.807) is 0 Å². The number of hydrogen-bond donors (Lipinski definition) is 0. The van der Waals surface area contributed by atoms with Crippen molar-refractivity contribution < 1.29 is 4.74 Å². The first-order chi connectivity index (χ1) is 12.6. The first-order valence-electron chi connectivity index (χ1n) is 8.27. The zero-order valence-corrected chi connectivity index (χ0v) is 16.3. The largest absolute Gasteiger partial charge is 0.481 e. The van der Waals surface area contributed by atoms with Gasteiger partial charge in [0.25, 0.3) is 0 Å². The van der Waals surface area contributed by atoms with Crippen LogP contribution in [0, 0.1) is 11.3 Å². The van der Waals surface area contributed by atoms with Crippen molar-refractivity contribution in [3.8, 4) is 11.8 Å². The first-order valence-corrected chi connectivity index (χ1v) is 9.06. The predicted molar refractivity (Wildman–Crippen MR) is 109 cm³/mol. The van der Waals surface area contributed by atoms with Crippen molar-refractivity contribution in [1.82, 2.24) is 0 Å². The molecule has 0 saturated heterocycles. The fourth-order valence-electron chi connectivity index (χ4n) is 2.81. The van der Waals surface area contributed by atoms with Crippen LogP contribution in [-0.2, 0) is 0 Å². The summed E-state index contributed by atoms with van der Waals surface area (Å²) in [5.41, 5.74) is 3.81. The maximum Gasteiger partial charge on any atom is 0.151 e. The molecule has 4 heteroatoms. The van der Waals surface area contributed by atoms with Crippen LogP contribution in [0.4, 0.5) is 5.69 Å². The number of nitrogens with zero attached hydrogens (tertiary/aromatic N) is 2. The second kappa shape index (κ2) is 8.07. The molecule has 0 spiro atoms. The molecule has 0 bridgehead atoms. The summed E-state index contributed by atoms with van der Waals surface area (Å²) in [6, 6.07) is 25.7. The van der Waals surface area contributed by atoms with E-state index >= 15 is 0 Å². The average molecular weight is 407 g/mol. The summed E-state index contributed by atoms with van der Waals surface area (Å²) in [6.07, 6.45) is -0.275. The highest BCUT2D eigenvalue weighted by Gasteiger charge is 2.20. The third kappa shape index (κ3) is 4.07. The van der Waals surface area contributed by atoms with Crippen LogP contribution in [0.1, 0.15) is 22.8 Å². The van der Waals surface area contributed by atoms with Crippen LogP contribution in [0.25, 0.3) is 0 Å². The summed E-state index contributed by atoms with van der Waals surface area (Å²) in [5.74, 6) is 0.788. The smallest absolute Gasteiger partial charge is 0.151 e. The Kier molecular flexibility index (Phi) is 5.60. The Hall–Kier alpha value is -2.77. The molecular formula is C22H19BrN2O. The second-order valence-corrected chi connectivity index (χ2v) is 7.05. The molecule has 3 aromatic rings. The summed E-state index contributed by atoms with van der Waals surface area (Å²) >= 11 is 3.46. The summed E-state index contributed by atoms with van der Waals surface area (Å²) in [6.45, 7) is 0. The topological polar surface area (TPSA) is 36.3 Å². The van der Waals surface area contributed by atoms with Gasteiger partial charge >= 0.3 is 0 Å². The number of ether oxygens (including phenoxy) is 1. The quantitative estimate of drug-likeness (QED) is 0.556. The molecule has 3 nitrogen and oxygen atoms in total. The monoisotopic (exact) mass is 406 g/mol. The van der Waals surface area contributed by atoms with Crippen molar-refractivity contribution in [2.45, 2.75) is 6.10 Å². The van der Waals surface area contributed by atoms with Gasteiger partial charge in [0.1, 0.15) is 5.75 Å². The summed E-state index contributed by atoms with van der Waals surface area (Å²) in [5, 5.41) is 9.07. The lowest BCUT2D eigenvalue weighted by Gasteiger charge is -2.25. The van der Waals surface area contributed by atoms with Crippen LogP contribution in [0.2, 0.25) is 0 Å². The molecule has 0 aromatic heterocycles. The summed E-state index contributed by atoms with van der Waals surface area (Å²) in [7, 11) is 4.04. The predicted octanol–water partition coefficient (Wildman–Crippen LogP) is 5.56. The summed E-state index contributed by atoms with van der Waals surface area (Å²) < 4.78 is 7.38. The van der Waals surface area contributed by atoms with E-state index in [1.807, 2.05) is 74.8 Å². The fraction of sp³-hybridized carbons (Fsp3) is 0.136. The average Bonchev–Trinajstić information content (AvgIpc) is 2.67. The third-order valence-electron chi connectivity index (χ3n) is 4.11. The van der Waals surface area contributed by atoms with Crippen LogP contribution in [-0.4, -0.2) is 14.1 Å². The Morgan fingerprint density at radius 2 is 1.58 bits per heavy atom. The number of benzene rings is 3. The van der Waals surface area contributed by atoms with E-state index in [-0.39, 0.29) is 6.10 Å². The minimum absolute atomic E-state index is 0.275. The van der Waals surface area contributed by atoms with Gasteiger partial charge in [-0.05, 0) is 48.0 Å². The molecule has 0 aliphatic carbocycles. The van der Waals surface area contributed by atoms with Gasteiger partial charge in [0.15, 0.2) is 6.10 Å². The third-order valence-corrected chi connectivity index (χ3v) is 4.64. The molecule has 0 aliphatic heterocycles. The van der Waals surface area contributed by atoms with Crippen LogP contribution in [0.5, 0.6) is 5.75 Å². The number of nitriles is 1. The Morgan fingerprint density at radius 3 is 2.19 bits per heavy atom. The summed E-state index contributed by atoms with van der Waals surface area (Å²) in [4.78, 5) is 2.08. The van der Waals surface area contributed by atoms with Crippen molar-refractivity contribution in [2.75, 3.05) is 19.0 Å². The van der Waals surface area contributed by atoms with Gasteiger partial charge < -0.3 is 9.64 Å². The zero-order valence-electron chi connectivity index (χ0n) is 14.7. The molecule has 130 valence electrons. The van der Waals surface area contributed by atoms with Gasteiger partial charge in [-0.15, -0.1) is 0 Å². The second-order valence-electron chi connectivity index (χ2n) is 6.14. The van der Waals surface area contributed by atoms with E-state index in [0.717, 1.165) is 27.0 Å². The molecule has 1 atom stereocenters. The molecule has 1 unspecified atom stereocenters. The van der Waals surface area contributed by atoms with Crippen molar-refractivity contribution in [3.05, 3.63) is 94.0 Å². The molecule has 0 amide bonds. The molecule has 26 heavy (non-hydrogen) atoms. The van der Waals surface area contributed by atoms with Gasteiger partial charge in [0, 0.05) is 29.8 Å². The molecule has 3 rings (SSSR count). The molecule has 0 heterocycles. The van der Waals surface area contributed by atoms with Crippen LogP contribution < -0.4 is 9.64 Å². The van der Waals surface area contributed by atoms with Gasteiger partial charge in [-0.3, -0.25) is 0 Å². The van der Waals surface area contributed by atoms with Gasteiger partial charge in [-0.25, -0.2) is 0 Å². The van der Waals surface area contributed by atoms with E-state index in [1.165, 1.54) is 0 Å². The van der Waals surface area contributed by atoms with Crippen molar-refractivity contribution >= 4 is 21.6 Å². The molecule has 0 N–H and O–H groups in total. The van der Waals surface area contributed by atoms with Crippen LogP contribution in [0.3, 0.4) is 0 Å². The SMILES string of the molecule is CN(C)c1ccccc1C(Oc1ccc(Br)cc1)c1ccc(C#N)cc1. The molecular weight excluding hydrogens is 388 g/mol. The van der Waals surface area contributed by atoms with Gasteiger partial charge in [-0.1, -0.05) is 46.3 Å². The molecule has 3 aromatic carbocycles. The Morgan fingerprint density at radius 1 is 0.923 bits per heavy atom. The number of halogens is 1. The lowest BCUT2D eigenvalue weighted by atomic mass is 9.98. The lowest BCUT2D eigenvalue weighted by molar-refractivity contribution is 0.247. The highest BCUT2D eigenvalue weighted by atomic mass is 79.9. The Labute approximate surface area is 162 Å². The van der Waals surface area contributed by atoms with Crippen molar-refractivity contribution in [1.29, 1.82) is 5.26 Å².